The van der Waals surface area contributed by atoms with Crippen LogP contribution in [0.15, 0.2) is 24.3 Å². The maximum atomic E-state index is 11.5. The summed E-state index contributed by atoms with van der Waals surface area (Å²) >= 11 is 0. The number of rotatable bonds is 2. The molecule has 0 aliphatic heterocycles. The van der Waals surface area contributed by atoms with Gasteiger partial charge in [0.1, 0.15) is 0 Å². The summed E-state index contributed by atoms with van der Waals surface area (Å²) in [5, 5.41) is 0. The van der Waals surface area contributed by atoms with Crippen molar-refractivity contribution in [1.29, 1.82) is 0 Å². The van der Waals surface area contributed by atoms with Gasteiger partial charge in [0.2, 0.25) is 0 Å². The van der Waals surface area contributed by atoms with Crippen molar-refractivity contribution in [3.8, 4) is 0 Å². The number of hydrogen-bond donors (Lipinski definition) is 0. The topological polar surface area (TPSA) is 34.1 Å². The molecule has 0 bridgehead atoms. The molecular weight excluding hydrogens is 166 g/mol. The number of nitrogens with zero attached hydrogens (tertiary/aromatic N) is 1. The van der Waals surface area contributed by atoms with E-state index in [0.717, 1.165) is 0 Å². The first-order chi connectivity index (χ1) is 5.71. The molecular formula is C10H16NO2+. The molecule has 0 aromatic carbocycles. The summed E-state index contributed by atoms with van der Waals surface area (Å²) in [5.74, 6) is -0.569. The van der Waals surface area contributed by atoms with Crippen LogP contribution in [-0.4, -0.2) is 30.4 Å². The number of amides is 2. The Morgan fingerprint density at radius 2 is 1.15 bits per heavy atom. The molecule has 0 N–H and O–H groups in total. The highest BCUT2D eigenvalue weighted by atomic mass is 16.2. The van der Waals surface area contributed by atoms with Gasteiger partial charge in [0.15, 0.2) is 0 Å². The first-order valence-electron chi connectivity index (χ1n) is 3.96. The monoisotopic (exact) mass is 182 g/mol. The Kier molecular flexibility index (Phi) is 3.32. The molecule has 0 unspecified atom stereocenters. The summed E-state index contributed by atoms with van der Waals surface area (Å²) in [6.45, 7) is 10.2. The van der Waals surface area contributed by atoms with E-state index in [2.05, 4.69) is 13.2 Å². The molecule has 0 heterocycles. The van der Waals surface area contributed by atoms with Crippen LogP contribution in [0.25, 0.3) is 0 Å². The van der Waals surface area contributed by atoms with Crippen LogP contribution in [0.4, 0.5) is 0 Å². The Balaban J connectivity index is 4.97. The van der Waals surface area contributed by atoms with Crippen LogP contribution in [0.2, 0.25) is 0 Å². The van der Waals surface area contributed by atoms with Crippen molar-refractivity contribution in [3.05, 3.63) is 24.3 Å². The summed E-state index contributed by atoms with van der Waals surface area (Å²) in [7, 11) is 3.07. The van der Waals surface area contributed by atoms with Crippen LogP contribution in [0.1, 0.15) is 13.8 Å². The fourth-order valence-electron chi connectivity index (χ4n) is 1.05. The normalized spacial score (nSPS) is 10.8. The molecule has 3 nitrogen and oxygen atoms in total. The molecule has 13 heavy (non-hydrogen) atoms. The maximum absolute atomic E-state index is 11.5. The van der Waals surface area contributed by atoms with Gasteiger partial charge in [0, 0.05) is 11.1 Å². The molecule has 0 spiro atoms. The largest absolute Gasteiger partial charge is 0.348 e. The average Bonchev–Trinajstić information content (AvgIpc) is 2.01. The zero-order valence-electron chi connectivity index (χ0n) is 8.68. The molecule has 0 rings (SSSR count). The van der Waals surface area contributed by atoms with Crippen molar-refractivity contribution in [1.82, 2.24) is 0 Å². The average molecular weight is 182 g/mol. The quantitative estimate of drug-likeness (QED) is 0.476. The molecule has 2 amide bonds. The van der Waals surface area contributed by atoms with E-state index < -0.39 is 0 Å². The van der Waals surface area contributed by atoms with Gasteiger partial charge in [-0.25, -0.2) is 9.59 Å². The number of likely N-dealkylation sites (N-methyl/N-ethyl adjacent to an activating group) is 1. The lowest BCUT2D eigenvalue weighted by Crippen LogP contribution is -2.51. The second-order valence-corrected chi connectivity index (χ2v) is 3.62. The van der Waals surface area contributed by atoms with Crippen LogP contribution in [0.5, 0.6) is 0 Å². The summed E-state index contributed by atoms with van der Waals surface area (Å²) in [6.07, 6.45) is 0. The van der Waals surface area contributed by atoms with Gasteiger partial charge >= 0.3 is 11.8 Å². The zero-order valence-corrected chi connectivity index (χ0v) is 8.68. The van der Waals surface area contributed by atoms with Gasteiger partial charge in [-0.3, -0.25) is 0 Å². The lowest BCUT2D eigenvalue weighted by Gasteiger charge is -2.23. The van der Waals surface area contributed by atoms with Crippen LogP contribution >= 0.6 is 0 Å². The Bertz CT molecular complexity index is 259. The summed E-state index contributed by atoms with van der Waals surface area (Å²) < 4.78 is -0.343. The van der Waals surface area contributed by atoms with Crippen molar-refractivity contribution >= 4 is 11.8 Å². The molecule has 0 aromatic rings. The number of quaternary nitrogens is 1. The summed E-state index contributed by atoms with van der Waals surface area (Å²) in [6, 6.07) is 0. The standard InChI is InChI=1S/C10H16NO2/c1-7(2)9(12)11(5,6)10(13)8(3)4/h1,3H2,2,4-6H3/q+1. The highest BCUT2D eigenvalue weighted by molar-refractivity contribution is 5.99. The Morgan fingerprint density at radius 3 is 1.31 bits per heavy atom. The molecule has 0 aliphatic carbocycles. The van der Waals surface area contributed by atoms with Crippen molar-refractivity contribution in [2.75, 3.05) is 14.1 Å². The fourth-order valence-corrected chi connectivity index (χ4v) is 1.05. The zero-order chi connectivity index (χ0) is 10.8. The second-order valence-electron chi connectivity index (χ2n) is 3.62. The minimum atomic E-state index is -0.343. The van der Waals surface area contributed by atoms with Crippen molar-refractivity contribution < 1.29 is 14.1 Å². The van der Waals surface area contributed by atoms with E-state index in [1.807, 2.05) is 0 Å². The van der Waals surface area contributed by atoms with Crippen LogP contribution < -0.4 is 0 Å². The lowest BCUT2D eigenvalue weighted by atomic mass is 10.2. The fraction of sp³-hybridized carbons (Fsp3) is 0.400. The lowest BCUT2D eigenvalue weighted by molar-refractivity contribution is -0.730. The van der Waals surface area contributed by atoms with Crippen molar-refractivity contribution in [3.63, 3.8) is 0 Å². The number of carbonyl (C=O) groups is 2. The molecule has 0 fully saturated rings. The van der Waals surface area contributed by atoms with Gasteiger partial charge in [-0.05, 0) is 13.8 Å². The van der Waals surface area contributed by atoms with Gasteiger partial charge in [-0.2, -0.15) is 4.48 Å². The van der Waals surface area contributed by atoms with Gasteiger partial charge in [-0.1, -0.05) is 13.2 Å². The van der Waals surface area contributed by atoms with E-state index in [4.69, 9.17) is 0 Å². The van der Waals surface area contributed by atoms with E-state index in [0.29, 0.717) is 11.1 Å². The molecule has 72 valence electrons. The van der Waals surface area contributed by atoms with Crippen LogP contribution in [-0.2, 0) is 9.59 Å². The predicted molar refractivity (Wildman–Crippen MR) is 51.8 cm³/mol. The molecule has 0 atom stereocenters. The van der Waals surface area contributed by atoms with Crippen LogP contribution in [0.3, 0.4) is 0 Å². The SMILES string of the molecule is C=C(C)C(=O)[N+](C)(C)C(=O)C(=C)C. The van der Waals surface area contributed by atoms with Gasteiger partial charge in [0.25, 0.3) is 0 Å². The predicted octanol–water partition coefficient (Wildman–Crippen LogP) is 1.27. The Morgan fingerprint density at radius 1 is 0.923 bits per heavy atom. The van der Waals surface area contributed by atoms with Crippen LogP contribution in [0, 0.1) is 0 Å². The number of carbonyl (C=O) groups excluding carboxylic acids is 2. The molecule has 0 aliphatic rings. The summed E-state index contributed by atoms with van der Waals surface area (Å²) in [4.78, 5) is 23.0. The molecule has 0 aromatic heterocycles. The third kappa shape index (κ3) is 2.36. The van der Waals surface area contributed by atoms with E-state index in [9.17, 15) is 9.59 Å². The highest BCUT2D eigenvalue weighted by Crippen LogP contribution is 2.10. The van der Waals surface area contributed by atoms with Gasteiger partial charge < -0.3 is 0 Å². The Labute approximate surface area is 78.9 Å². The highest BCUT2D eigenvalue weighted by Gasteiger charge is 2.35. The maximum Gasteiger partial charge on any atom is 0.348 e. The molecule has 0 saturated heterocycles. The van der Waals surface area contributed by atoms with E-state index in [-0.39, 0.29) is 16.3 Å². The minimum absolute atomic E-state index is 0.284. The first kappa shape index (κ1) is 11.8. The summed E-state index contributed by atoms with van der Waals surface area (Å²) in [5.41, 5.74) is 0.749. The second kappa shape index (κ2) is 3.66. The molecule has 0 saturated carbocycles. The smallest absolute Gasteiger partial charge is 0.225 e. The van der Waals surface area contributed by atoms with E-state index in [1.54, 1.807) is 13.8 Å². The molecule has 0 radical (unpaired) electrons. The van der Waals surface area contributed by atoms with Gasteiger partial charge in [-0.15, -0.1) is 0 Å². The van der Waals surface area contributed by atoms with E-state index >= 15 is 0 Å². The van der Waals surface area contributed by atoms with Crippen molar-refractivity contribution in [2.45, 2.75) is 13.8 Å². The third-order valence-corrected chi connectivity index (χ3v) is 1.75. The molecule has 3 heteroatoms. The number of hydrogen-bond acceptors (Lipinski definition) is 2. The van der Waals surface area contributed by atoms with Crippen molar-refractivity contribution in [2.24, 2.45) is 0 Å². The van der Waals surface area contributed by atoms with E-state index in [1.165, 1.54) is 14.1 Å². The first-order valence-corrected chi connectivity index (χ1v) is 3.96. The number of imide groups is 1. The third-order valence-electron chi connectivity index (χ3n) is 1.75. The minimum Gasteiger partial charge on any atom is -0.225 e. The van der Waals surface area contributed by atoms with Gasteiger partial charge in [0.05, 0.1) is 14.1 Å². The Hall–Kier alpha value is -1.22.